The van der Waals surface area contributed by atoms with Gasteiger partial charge in [0.1, 0.15) is 19.8 Å². The molecule has 77 heavy (non-hydrogen) atoms. The molecule has 0 heterocycles. The fourth-order valence-electron chi connectivity index (χ4n) is 10.6. The number of esters is 2. The number of phosphoric acid groups is 1. The SMILES string of the molecule is CCCCCCCCCCCCCCCCCCCCCCCCCCCCCCCC(=O)OC(COC(=O)CCCCCCCCCCCCCCCCCCCCCCCCCC)COP(=O)(O)OCC[N+](C)(C)C. The van der Waals surface area contributed by atoms with Gasteiger partial charge in [-0.2, -0.15) is 0 Å². The Kier molecular flexibility index (Phi) is 58.9. The van der Waals surface area contributed by atoms with Crippen LogP contribution in [0.5, 0.6) is 0 Å². The number of nitrogens with zero attached hydrogens (tertiary/aromatic N) is 1. The third-order valence-corrected chi connectivity index (χ3v) is 16.9. The minimum Gasteiger partial charge on any atom is -0.462 e. The van der Waals surface area contributed by atoms with Crippen LogP contribution in [0, 0.1) is 0 Å². The molecule has 2 atom stereocenters. The van der Waals surface area contributed by atoms with Crippen molar-refractivity contribution in [2.75, 3.05) is 47.5 Å². The molecule has 0 bridgehead atoms. The van der Waals surface area contributed by atoms with Gasteiger partial charge in [-0.1, -0.05) is 341 Å². The molecular formula is C67H135NO8P+. The summed E-state index contributed by atoms with van der Waals surface area (Å²) in [5, 5.41) is 0. The van der Waals surface area contributed by atoms with Crippen LogP contribution in [0.15, 0.2) is 0 Å². The fraction of sp³-hybridized carbons (Fsp3) is 0.970. The van der Waals surface area contributed by atoms with Crippen molar-refractivity contribution in [2.24, 2.45) is 0 Å². The molecule has 0 aliphatic carbocycles. The monoisotopic (exact) mass is 1110 g/mol. The smallest absolute Gasteiger partial charge is 0.462 e. The number of carbonyl (C=O) groups excluding carboxylic acids is 2. The molecule has 0 rings (SSSR count). The minimum atomic E-state index is -4.38. The van der Waals surface area contributed by atoms with Gasteiger partial charge in [0.2, 0.25) is 0 Å². The molecule has 10 heteroatoms. The van der Waals surface area contributed by atoms with Gasteiger partial charge in [0, 0.05) is 12.8 Å². The van der Waals surface area contributed by atoms with Gasteiger partial charge in [-0.05, 0) is 12.8 Å². The maximum atomic E-state index is 12.9. The lowest BCUT2D eigenvalue weighted by atomic mass is 10.0. The van der Waals surface area contributed by atoms with E-state index in [2.05, 4.69) is 13.8 Å². The number of unbranched alkanes of at least 4 members (excludes halogenated alkanes) is 51. The van der Waals surface area contributed by atoms with E-state index < -0.39 is 26.5 Å². The van der Waals surface area contributed by atoms with E-state index in [0.717, 1.165) is 38.5 Å². The largest absolute Gasteiger partial charge is 0.472 e. The van der Waals surface area contributed by atoms with Crippen molar-refractivity contribution in [3.63, 3.8) is 0 Å². The molecule has 0 amide bonds. The average molecular weight is 1110 g/mol. The summed E-state index contributed by atoms with van der Waals surface area (Å²) in [6, 6.07) is 0. The van der Waals surface area contributed by atoms with Gasteiger partial charge in [0.05, 0.1) is 27.7 Å². The lowest BCUT2D eigenvalue weighted by Gasteiger charge is -2.24. The normalized spacial score (nSPS) is 13.1. The van der Waals surface area contributed by atoms with Crippen LogP contribution in [0.1, 0.15) is 367 Å². The molecule has 0 aromatic rings. The van der Waals surface area contributed by atoms with Crippen LogP contribution in [-0.4, -0.2) is 74.9 Å². The summed E-state index contributed by atoms with van der Waals surface area (Å²) >= 11 is 0. The Bertz CT molecular complexity index is 1260. The quantitative estimate of drug-likeness (QED) is 0.0278. The van der Waals surface area contributed by atoms with Crippen LogP contribution in [0.3, 0.4) is 0 Å². The number of rotatable bonds is 65. The lowest BCUT2D eigenvalue weighted by Crippen LogP contribution is -2.37. The lowest BCUT2D eigenvalue weighted by molar-refractivity contribution is -0.870. The first-order valence-electron chi connectivity index (χ1n) is 34.3. The predicted molar refractivity (Wildman–Crippen MR) is 331 cm³/mol. The first kappa shape index (κ1) is 76.0. The molecule has 9 nitrogen and oxygen atoms in total. The minimum absolute atomic E-state index is 0.0377. The molecule has 0 spiro atoms. The molecule has 0 saturated heterocycles. The highest BCUT2D eigenvalue weighted by Crippen LogP contribution is 2.43. The molecule has 0 aliphatic heterocycles. The summed E-state index contributed by atoms with van der Waals surface area (Å²) in [6.45, 7) is 4.53. The number of hydrogen-bond donors (Lipinski definition) is 1. The molecule has 1 N–H and O–H groups in total. The second kappa shape index (κ2) is 59.6. The maximum Gasteiger partial charge on any atom is 0.472 e. The van der Waals surface area contributed by atoms with Crippen LogP contribution in [0.25, 0.3) is 0 Å². The number of phosphoric ester groups is 1. The van der Waals surface area contributed by atoms with Gasteiger partial charge in [0.15, 0.2) is 6.10 Å². The van der Waals surface area contributed by atoms with Crippen LogP contribution in [0.4, 0.5) is 0 Å². The van der Waals surface area contributed by atoms with E-state index in [9.17, 15) is 19.0 Å². The van der Waals surface area contributed by atoms with Gasteiger partial charge >= 0.3 is 19.8 Å². The predicted octanol–water partition coefficient (Wildman–Crippen LogP) is 21.8. The Morgan fingerprint density at radius 3 is 0.831 bits per heavy atom. The van der Waals surface area contributed by atoms with E-state index >= 15 is 0 Å². The topological polar surface area (TPSA) is 108 Å². The zero-order valence-electron chi connectivity index (χ0n) is 52.5. The van der Waals surface area contributed by atoms with Crippen molar-refractivity contribution in [2.45, 2.75) is 373 Å². The van der Waals surface area contributed by atoms with Crippen LogP contribution in [-0.2, 0) is 32.7 Å². The van der Waals surface area contributed by atoms with Crippen LogP contribution >= 0.6 is 7.82 Å². The van der Waals surface area contributed by atoms with Gasteiger partial charge in [-0.25, -0.2) is 4.57 Å². The third kappa shape index (κ3) is 64.1. The van der Waals surface area contributed by atoms with E-state index in [4.69, 9.17) is 18.5 Å². The molecule has 2 unspecified atom stereocenters. The highest BCUT2D eigenvalue weighted by Gasteiger charge is 2.27. The van der Waals surface area contributed by atoms with Gasteiger partial charge in [-0.15, -0.1) is 0 Å². The Hall–Kier alpha value is -0.990. The third-order valence-electron chi connectivity index (χ3n) is 15.9. The second-order valence-electron chi connectivity index (χ2n) is 24.9. The average Bonchev–Trinajstić information content (AvgIpc) is 3.39. The number of hydrogen-bond acceptors (Lipinski definition) is 7. The van der Waals surface area contributed by atoms with E-state index in [1.54, 1.807) is 0 Å². The molecule has 0 aliphatic rings. The number of carbonyl (C=O) groups is 2. The summed E-state index contributed by atoms with van der Waals surface area (Å²) in [5.74, 6) is -0.768. The molecular weight excluding hydrogens is 978 g/mol. The highest BCUT2D eigenvalue weighted by atomic mass is 31.2. The molecule has 460 valence electrons. The molecule has 0 aromatic carbocycles. The van der Waals surface area contributed by atoms with Crippen molar-refractivity contribution in [3.05, 3.63) is 0 Å². The molecule has 0 fully saturated rings. The molecule has 0 aromatic heterocycles. The zero-order valence-corrected chi connectivity index (χ0v) is 53.4. The molecule has 0 saturated carbocycles. The first-order chi connectivity index (χ1) is 37.5. The van der Waals surface area contributed by atoms with E-state index in [1.807, 2.05) is 21.1 Å². The van der Waals surface area contributed by atoms with Gasteiger partial charge in [0.25, 0.3) is 0 Å². The Morgan fingerprint density at radius 2 is 0.584 bits per heavy atom. The Labute approximate surface area is 480 Å². The Morgan fingerprint density at radius 1 is 0.351 bits per heavy atom. The summed E-state index contributed by atoms with van der Waals surface area (Å²) < 4.78 is 34.7. The van der Waals surface area contributed by atoms with Crippen LogP contribution in [0.2, 0.25) is 0 Å². The van der Waals surface area contributed by atoms with E-state index in [-0.39, 0.29) is 25.6 Å². The summed E-state index contributed by atoms with van der Waals surface area (Å²) in [4.78, 5) is 35.8. The number of likely N-dealkylation sites (N-methyl/N-ethyl adjacent to an activating group) is 1. The number of quaternary nitrogens is 1. The molecule has 0 radical (unpaired) electrons. The highest BCUT2D eigenvalue weighted by molar-refractivity contribution is 7.47. The summed E-state index contributed by atoms with van der Waals surface area (Å²) in [5.41, 5.74) is 0. The Balaban J connectivity index is 3.99. The van der Waals surface area contributed by atoms with E-state index in [0.29, 0.717) is 17.4 Å². The zero-order chi connectivity index (χ0) is 56.3. The standard InChI is InChI=1S/C67H134NO8P/c1-6-8-10-12-14-16-18-20-22-24-26-28-30-32-33-34-35-36-38-40-42-44-46-48-50-52-54-56-58-60-67(70)76-65(64-75-77(71,72)74-62-61-68(3,4)5)63-73-66(69)59-57-55-53-51-49-47-45-43-41-39-37-31-29-27-25-23-21-19-17-15-13-11-9-7-2/h65H,6-64H2,1-5H3/p+1. The summed E-state index contributed by atoms with van der Waals surface area (Å²) in [6.07, 6.45) is 70.6. The second-order valence-corrected chi connectivity index (χ2v) is 26.4. The van der Waals surface area contributed by atoms with E-state index in [1.165, 1.54) is 302 Å². The maximum absolute atomic E-state index is 12.9. The van der Waals surface area contributed by atoms with Crippen molar-refractivity contribution in [1.82, 2.24) is 0 Å². The first-order valence-corrected chi connectivity index (χ1v) is 35.8. The van der Waals surface area contributed by atoms with Gasteiger partial charge < -0.3 is 18.9 Å². The van der Waals surface area contributed by atoms with Crippen molar-refractivity contribution < 1.29 is 42.1 Å². The van der Waals surface area contributed by atoms with Crippen molar-refractivity contribution in [3.8, 4) is 0 Å². The fourth-order valence-corrected chi connectivity index (χ4v) is 11.4. The van der Waals surface area contributed by atoms with Crippen molar-refractivity contribution in [1.29, 1.82) is 0 Å². The van der Waals surface area contributed by atoms with Crippen LogP contribution < -0.4 is 0 Å². The number of ether oxygens (including phenoxy) is 2. The van der Waals surface area contributed by atoms with Gasteiger partial charge in [-0.3, -0.25) is 18.6 Å². The van der Waals surface area contributed by atoms with Crippen molar-refractivity contribution >= 4 is 19.8 Å². The summed E-state index contributed by atoms with van der Waals surface area (Å²) in [7, 11) is 1.51.